The maximum Gasteiger partial charge on any atom is 0.332 e. The quantitative estimate of drug-likeness (QED) is 0.635. The molecule has 1 aliphatic heterocycles. The molecule has 1 aliphatic rings. The van der Waals surface area contributed by atoms with Gasteiger partial charge in [-0.2, -0.15) is 0 Å². The van der Waals surface area contributed by atoms with E-state index >= 15 is 0 Å². The van der Waals surface area contributed by atoms with Crippen molar-refractivity contribution < 1.29 is 9.53 Å². The molecule has 0 saturated heterocycles. The number of carbonyl (C=O) groups is 1. The fourth-order valence-corrected chi connectivity index (χ4v) is 2.72. The van der Waals surface area contributed by atoms with E-state index in [4.69, 9.17) is 16.3 Å². The number of halogens is 1. The Balaban J connectivity index is 1.98. The monoisotopic (exact) mass is 328 g/mol. The summed E-state index contributed by atoms with van der Waals surface area (Å²) >= 11 is 5.97. The molecule has 4 nitrogen and oxygen atoms in total. The highest BCUT2D eigenvalue weighted by Crippen LogP contribution is 2.35. The Kier molecular flexibility index (Phi) is 4.53. The molecular weight excluding hydrogens is 312 g/mol. The molecule has 0 amide bonds. The van der Waals surface area contributed by atoms with E-state index < -0.39 is 0 Å². The zero-order chi connectivity index (χ0) is 16.2. The summed E-state index contributed by atoms with van der Waals surface area (Å²) < 4.78 is 4.75. The number of carbonyl (C=O) groups excluding carboxylic acids is 1. The zero-order valence-electron chi connectivity index (χ0n) is 12.7. The summed E-state index contributed by atoms with van der Waals surface area (Å²) in [5.74, 6) is -0.373. The van der Waals surface area contributed by atoms with Crippen molar-refractivity contribution in [2.45, 2.75) is 12.5 Å². The maximum absolute atomic E-state index is 11.6. The van der Waals surface area contributed by atoms with Crippen molar-refractivity contribution in [3.8, 4) is 0 Å². The van der Waals surface area contributed by atoms with Gasteiger partial charge in [-0.25, -0.2) is 4.79 Å². The number of esters is 1. The molecular formula is C18H17ClN2O2. The first kappa shape index (κ1) is 15.4. The lowest BCUT2D eigenvalue weighted by Crippen LogP contribution is -2.11. The molecule has 1 atom stereocenters. The number of fused-ring (bicyclic) bond motifs is 1. The molecule has 0 saturated carbocycles. The molecule has 2 aromatic rings. The van der Waals surface area contributed by atoms with Crippen molar-refractivity contribution in [2.24, 2.45) is 0 Å². The molecule has 3 rings (SSSR count). The van der Waals surface area contributed by atoms with Crippen LogP contribution >= 0.6 is 11.6 Å². The number of para-hydroxylation sites is 2. The van der Waals surface area contributed by atoms with E-state index in [0.717, 1.165) is 22.6 Å². The molecule has 2 aromatic carbocycles. The maximum atomic E-state index is 11.6. The van der Waals surface area contributed by atoms with Crippen molar-refractivity contribution in [1.82, 2.24) is 0 Å². The first-order chi connectivity index (χ1) is 11.2. The number of methoxy groups -OCH3 is 1. The number of anilines is 2. The summed E-state index contributed by atoms with van der Waals surface area (Å²) in [6.45, 7) is 0. The van der Waals surface area contributed by atoms with Crippen molar-refractivity contribution in [1.29, 1.82) is 0 Å². The molecule has 0 spiro atoms. The van der Waals surface area contributed by atoms with Crippen LogP contribution in [0.15, 0.2) is 60.3 Å². The van der Waals surface area contributed by atoms with Crippen LogP contribution in [0.1, 0.15) is 18.0 Å². The van der Waals surface area contributed by atoms with Crippen molar-refractivity contribution >= 4 is 28.9 Å². The Hall–Kier alpha value is -2.46. The Morgan fingerprint density at radius 3 is 2.57 bits per heavy atom. The molecule has 118 valence electrons. The van der Waals surface area contributed by atoms with Gasteiger partial charge in [0.2, 0.25) is 0 Å². The minimum atomic E-state index is -0.373. The predicted molar refractivity (Wildman–Crippen MR) is 92.6 cm³/mol. The van der Waals surface area contributed by atoms with Crippen molar-refractivity contribution in [3.05, 3.63) is 70.9 Å². The third kappa shape index (κ3) is 3.66. The molecule has 0 fully saturated rings. The smallest absolute Gasteiger partial charge is 0.332 e. The molecule has 0 radical (unpaired) electrons. The number of hydrogen-bond acceptors (Lipinski definition) is 4. The lowest BCUT2D eigenvalue weighted by molar-refractivity contribution is -0.134. The Morgan fingerprint density at radius 1 is 1.17 bits per heavy atom. The molecule has 2 N–H and O–H groups in total. The van der Waals surface area contributed by atoms with Crippen LogP contribution in [0.3, 0.4) is 0 Å². The summed E-state index contributed by atoms with van der Waals surface area (Å²) in [4.78, 5) is 11.6. The topological polar surface area (TPSA) is 50.4 Å². The summed E-state index contributed by atoms with van der Waals surface area (Å²) in [6, 6.07) is 15.6. The van der Waals surface area contributed by atoms with Gasteiger partial charge in [-0.1, -0.05) is 35.9 Å². The van der Waals surface area contributed by atoms with Gasteiger partial charge in [0, 0.05) is 23.2 Å². The van der Waals surface area contributed by atoms with Crippen LogP contribution in [0.2, 0.25) is 5.02 Å². The largest absolute Gasteiger partial charge is 0.466 e. The van der Waals surface area contributed by atoms with E-state index in [2.05, 4.69) is 10.6 Å². The van der Waals surface area contributed by atoms with Crippen LogP contribution in [0, 0.1) is 0 Å². The average Bonchev–Trinajstić information content (AvgIpc) is 2.74. The van der Waals surface area contributed by atoms with Crippen molar-refractivity contribution in [3.63, 3.8) is 0 Å². The third-order valence-electron chi connectivity index (χ3n) is 3.74. The molecule has 0 bridgehead atoms. The number of nitrogens with one attached hydrogen (secondary N) is 2. The van der Waals surface area contributed by atoms with E-state index in [9.17, 15) is 4.79 Å². The van der Waals surface area contributed by atoms with E-state index in [1.165, 1.54) is 13.2 Å². The van der Waals surface area contributed by atoms with Gasteiger partial charge in [-0.05, 0) is 29.8 Å². The summed E-state index contributed by atoms with van der Waals surface area (Å²) in [5.41, 5.74) is 3.82. The van der Waals surface area contributed by atoms with Crippen LogP contribution in [0.5, 0.6) is 0 Å². The van der Waals surface area contributed by atoms with Crippen LogP contribution < -0.4 is 10.6 Å². The second kappa shape index (κ2) is 6.75. The highest BCUT2D eigenvalue weighted by molar-refractivity contribution is 6.30. The van der Waals surface area contributed by atoms with E-state index in [0.29, 0.717) is 11.4 Å². The first-order valence-electron chi connectivity index (χ1n) is 7.32. The number of rotatable bonds is 2. The van der Waals surface area contributed by atoms with E-state index in [1.807, 2.05) is 48.5 Å². The molecule has 1 unspecified atom stereocenters. The van der Waals surface area contributed by atoms with Gasteiger partial charge in [0.1, 0.15) is 0 Å². The van der Waals surface area contributed by atoms with Crippen LogP contribution in [-0.2, 0) is 9.53 Å². The predicted octanol–water partition coefficient (Wildman–Crippen LogP) is 4.37. The van der Waals surface area contributed by atoms with Crippen LogP contribution in [0.4, 0.5) is 11.4 Å². The third-order valence-corrected chi connectivity index (χ3v) is 3.99. The van der Waals surface area contributed by atoms with Gasteiger partial charge >= 0.3 is 5.97 Å². The lowest BCUT2D eigenvalue weighted by atomic mass is 10.0. The van der Waals surface area contributed by atoms with E-state index in [1.54, 1.807) is 0 Å². The number of hydrogen-bond donors (Lipinski definition) is 2. The summed E-state index contributed by atoms with van der Waals surface area (Å²) in [5, 5.41) is 7.53. The van der Waals surface area contributed by atoms with Gasteiger partial charge in [-0.3, -0.25) is 0 Å². The second-order valence-electron chi connectivity index (χ2n) is 5.32. The second-order valence-corrected chi connectivity index (χ2v) is 5.75. The highest BCUT2D eigenvalue weighted by Gasteiger charge is 2.20. The SMILES string of the molecule is COC(=O)/C=C1/CC(c2ccc(Cl)cc2)Nc2ccccc2N1. The van der Waals surface area contributed by atoms with Gasteiger partial charge < -0.3 is 15.4 Å². The number of benzene rings is 2. The summed E-state index contributed by atoms with van der Waals surface area (Å²) in [7, 11) is 1.37. The van der Waals surface area contributed by atoms with Gasteiger partial charge in [-0.15, -0.1) is 0 Å². The molecule has 23 heavy (non-hydrogen) atoms. The Morgan fingerprint density at radius 2 is 1.87 bits per heavy atom. The highest BCUT2D eigenvalue weighted by atomic mass is 35.5. The zero-order valence-corrected chi connectivity index (χ0v) is 13.4. The molecule has 5 heteroatoms. The van der Waals surface area contributed by atoms with Crippen LogP contribution in [0.25, 0.3) is 0 Å². The molecule has 1 heterocycles. The van der Waals surface area contributed by atoms with E-state index in [-0.39, 0.29) is 12.0 Å². The minimum Gasteiger partial charge on any atom is -0.466 e. The molecule has 0 aliphatic carbocycles. The minimum absolute atomic E-state index is 0.0272. The lowest BCUT2D eigenvalue weighted by Gasteiger charge is -2.18. The fourth-order valence-electron chi connectivity index (χ4n) is 2.59. The van der Waals surface area contributed by atoms with Gasteiger partial charge in [0.15, 0.2) is 0 Å². The average molecular weight is 329 g/mol. The standard InChI is InChI=1S/C18H17ClN2O2/c1-23-18(22)11-14-10-17(12-6-8-13(19)9-7-12)21-16-5-3-2-4-15(16)20-14/h2-9,11,17,20-21H,10H2,1H3/b14-11-. The van der Waals surface area contributed by atoms with Gasteiger partial charge in [0.25, 0.3) is 0 Å². The van der Waals surface area contributed by atoms with Crippen molar-refractivity contribution in [2.75, 3.05) is 17.7 Å². The Bertz CT molecular complexity index is 741. The van der Waals surface area contributed by atoms with Crippen LogP contribution in [-0.4, -0.2) is 13.1 Å². The normalized spacial score (nSPS) is 18.3. The Labute approximate surface area is 140 Å². The number of ether oxygens (including phenoxy) is 1. The summed E-state index contributed by atoms with van der Waals surface area (Å²) in [6.07, 6.45) is 2.12. The first-order valence-corrected chi connectivity index (χ1v) is 7.70. The molecule has 0 aromatic heterocycles. The fraction of sp³-hybridized carbons (Fsp3) is 0.167. The van der Waals surface area contributed by atoms with Gasteiger partial charge in [0.05, 0.1) is 24.5 Å².